The van der Waals surface area contributed by atoms with E-state index in [4.69, 9.17) is 19.2 Å². The lowest BCUT2D eigenvalue weighted by Gasteiger charge is -2.36. The van der Waals surface area contributed by atoms with Crippen LogP contribution in [0.3, 0.4) is 0 Å². The van der Waals surface area contributed by atoms with Crippen LogP contribution in [0.1, 0.15) is 10.4 Å². The van der Waals surface area contributed by atoms with Crippen molar-refractivity contribution in [1.29, 1.82) is 0 Å². The lowest BCUT2D eigenvalue weighted by Crippen LogP contribution is -2.49. The molecule has 2 aliphatic rings. The highest BCUT2D eigenvalue weighted by atomic mass is 16.5. The second kappa shape index (κ2) is 9.17. The van der Waals surface area contributed by atoms with Crippen molar-refractivity contribution in [3.8, 4) is 11.5 Å². The molecule has 9 heteroatoms. The van der Waals surface area contributed by atoms with Gasteiger partial charge < -0.3 is 28.9 Å². The average Bonchev–Trinajstić information content (AvgIpc) is 2.83. The Morgan fingerprint density at radius 1 is 0.967 bits per heavy atom. The first-order chi connectivity index (χ1) is 14.7. The zero-order valence-corrected chi connectivity index (χ0v) is 17.4. The van der Waals surface area contributed by atoms with E-state index in [1.165, 1.54) is 0 Å². The van der Waals surface area contributed by atoms with Gasteiger partial charge in [-0.3, -0.25) is 4.79 Å². The van der Waals surface area contributed by atoms with E-state index < -0.39 is 0 Å². The first-order valence-corrected chi connectivity index (χ1v) is 10.1. The molecule has 1 amide bonds. The third-order valence-electron chi connectivity index (χ3n) is 5.45. The third-order valence-corrected chi connectivity index (χ3v) is 5.45. The number of nitrogens with zero attached hydrogens (tertiary/aromatic N) is 5. The maximum absolute atomic E-state index is 13.1. The second-order valence-electron chi connectivity index (χ2n) is 7.13. The molecule has 0 atom stereocenters. The minimum atomic E-state index is -0.0536. The van der Waals surface area contributed by atoms with Crippen molar-refractivity contribution in [3.63, 3.8) is 0 Å². The Kier molecular flexibility index (Phi) is 6.18. The molecule has 0 N–H and O–H groups in total. The number of carbonyl (C=O) groups excluding carboxylic acids is 1. The smallest absolute Gasteiger partial charge is 0.257 e. The molecule has 0 saturated carbocycles. The van der Waals surface area contributed by atoms with Crippen LogP contribution >= 0.6 is 0 Å². The number of para-hydroxylation sites is 1. The number of piperazine rings is 1. The van der Waals surface area contributed by atoms with Crippen molar-refractivity contribution in [3.05, 3.63) is 36.0 Å². The van der Waals surface area contributed by atoms with E-state index in [2.05, 4.69) is 14.8 Å². The Labute approximate surface area is 176 Å². The van der Waals surface area contributed by atoms with Gasteiger partial charge in [0.05, 0.1) is 33.0 Å². The van der Waals surface area contributed by atoms with Gasteiger partial charge >= 0.3 is 0 Å². The van der Waals surface area contributed by atoms with E-state index in [0.29, 0.717) is 56.5 Å². The largest absolute Gasteiger partial charge is 0.493 e. The van der Waals surface area contributed by atoms with Gasteiger partial charge in [0, 0.05) is 45.5 Å². The Morgan fingerprint density at radius 2 is 1.73 bits per heavy atom. The normalized spacial score (nSPS) is 17.1. The van der Waals surface area contributed by atoms with Crippen LogP contribution in [0.4, 0.5) is 11.8 Å². The topological polar surface area (TPSA) is 80.3 Å². The van der Waals surface area contributed by atoms with E-state index in [9.17, 15) is 4.79 Å². The van der Waals surface area contributed by atoms with Gasteiger partial charge in [0.2, 0.25) is 5.95 Å². The molecule has 4 rings (SSSR count). The summed E-state index contributed by atoms with van der Waals surface area (Å²) in [7, 11) is 3.12. The van der Waals surface area contributed by atoms with Crippen LogP contribution in [0.2, 0.25) is 0 Å². The van der Waals surface area contributed by atoms with Gasteiger partial charge in [0.15, 0.2) is 11.5 Å². The fourth-order valence-corrected chi connectivity index (χ4v) is 3.80. The van der Waals surface area contributed by atoms with Gasteiger partial charge in [-0.25, -0.2) is 4.98 Å². The number of anilines is 2. The molecule has 9 nitrogen and oxygen atoms in total. The van der Waals surface area contributed by atoms with E-state index in [1.54, 1.807) is 38.6 Å². The molecule has 0 spiro atoms. The summed E-state index contributed by atoms with van der Waals surface area (Å²) < 4.78 is 16.2. The molecule has 0 bridgehead atoms. The second-order valence-corrected chi connectivity index (χ2v) is 7.13. The third kappa shape index (κ3) is 4.11. The summed E-state index contributed by atoms with van der Waals surface area (Å²) in [6, 6.07) is 7.29. The van der Waals surface area contributed by atoms with Crippen molar-refractivity contribution in [2.45, 2.75) is 0 Å². The molecule has 2 saturated heterocycles. The summed E-state index contributed by atoms with van der Waals surface area (Å²) in [5, 5.41) is 0. The zero-order chi connectivity index (χ0) is 20.9. The number of methoxy groups -OCH3 is 2. The summed E-state index contributed by atoms with van der Waals surface area (Å²) in [5.74, 6) is 2.59. The monoisotopic (exact) mass is 413 g/mol. The Morgan fingerprint density at radius 3 is 2.43 bits per heavy atom. The van der Waals surface area contributed by atoms with E-state index >= 15 is 0 Å². The highest BCUT2D eigenvalue weighted by Gasteiger charge is 2.26. The predicted octanol–water partition coefficient (Wildman–Crippen LogP) is 1.29. The molecular weight excluding hydrogens is 386 g/mol. The first kappa shape index (κ1) is 20.2. The Bertz CT molecular complexity index is 879. The summed E-state index contributed by atoms with van der Waals surface area (Å²) in [5.41, 5.74) is 0.516. The predicted molar refractivity (Wildman–Crippen MR) is 113 cm³/mol. The molecule has 0 unspecified atom stereocenters. The fraction of sp³-hybridized carbons (Fsp3) is 0.476. The number of rotatable bonds is 5. The standard InChI is InChI=1S/C21H27N5O4/c1-28-17-5-3-4-16(19(17)29-2)20(27)25-10-8-24(9-11-25)18-6-7-22-21(23-18)26-12-14-30-15-13-26/h3-7H,8-15H2,1-2H3. The van der Waals surface area contributed by atoms with E-state index in [-0.39, 0.29) is 5.91 Å². The van der Waals surface area contributed by atoms with Crippen LogP contribution < -0.4 is 19.3 Å². The molecular formula is C21H27N5O4. The summed E-state index contributed by atoms with van der Waals surface area (Å²) >= 11 is 0. The summed E-state index contributed by atoms with van der Waals surface area (Å²) in [6.07, 6.45) is 1.80. The van der Waals surface area contributed by atoms with Crippen molar-refractivity contribution in [1.82, 2.24) is 14.9 Å². The molecule has 0 radical (unpaired) electrons. The molecule has 1 aromatic carbocycles. The van der Waals surface area contributed by atoms with Crippen LogP contribution in [0.25, 0.3) is 0 Å². The van der Waals surface area contributed by atoms with E-state index in [1.807, 2.05) is 11.0 Å². The van der Waals surface area contributed by atoms with Gasteiger partial charge in [-0.15, -0.1) is 0 Å². The molecule has 30 heavy (non-hydrogen) atoms. The van der Waals surface area contributed by atoms with Crippen LogP contribution in [-0.4, -0.2) is 87.5 Å². The molecule has 0 aliphatic carbocycles. The highest BCUT2D eigenvalue weighted by molar-refractivity contribution is 5.98. The van der Waals surface area contributed by atoms with Crippen LogP contribution in [0, 0.1) is 0 Å². The number of benzene rings is 1. The highest BCUT2D eigenvalue weighted by Crippen LogP contribution is 2.31. The SMILES string of the molecule is COc1cccc(C(=O)N2CCN(c3ccnc(N4CCOCC4)n3)CC2)c1OC. The number of aromatic nitrogens is 2. The number of amides is 1. The molecule has 160 valence electrons. The summed E-state index contributed by atoms with van der Waals surface area (Å²) in [6.45, 7) is 5.62. The zero-order valence-electron chi connectivity index (χ0n) is 17.4. The van der Waals surface area contributed by atoms with Crippen molar-refractivity contribution in [2.75, 3.05) is 76.5 Å². The maximum Gasteiger partial charge on any atom is 0.257 e. The van der Waals surface area contributed by atoms with Crippen LogP contribution in [-0.2, 0) is 4.74 Å². The Hall–Kier alpha value is -3.07. The molecule has 1 aromatic heterocycles. The van der Waals surface area contributed by atoms with Crippen LogP contribution in [0.5, 0.6) is 11.5 Å². The van der Waals surface area contributed by atoms with Crippen molar-refractivity contribution < 1.29 is 19.0 Å². The number of morpholine rings is 1. The average molecular weight is 413 g/mol. The van der Waals surface area contributed by atoms with Crippen molar-refractivity contribution >= 4 is 17.7 Å². The molecule has 2 aromatic rings. The molecule has 2 aliphatic heterocycles. The van der Waals surface area contributed by atoms with Gasteiger partial charge in [-0.2, -0.15) is 4.98 Å². The minimum Gasteiger partial charge on any atom is -0.493 e. The quantitative estimate of drug-likeness (QED) is 0.726. The lowest BCUT2D eigenvalue weighted by atomic mass is 10.1. The van der Waals surface area contributed by atoms with Gasteiger partial charge in [-0.05, 0) is 18.2 Å². The van der Waals surface area contributed by atoms with Crippen LogP contribution in [0.15, 0.2) is 30.5 Å². The minimum absolute atomic E-state index is 0.0536. The van der Waals surface area contributed by atoms with Gasteiger partial charge in [-0.1, -0.05) is 6.07 Å². The maximum atomic E-state index is 13.1. The fourth-order valence-electron chi connectivity index (χ4n) is 3.80. The van der Waals surface area contributed by atoms with Gasteiger partial charge in [0.25, 0.3) is 5.91 Å². The number of carbonyl (C=O) groups is 1. The van der Waals surface area contributed by atoms with Gasteiger partial charge in [0.1, 0.15) is 5.82 Å². The molecule has 3 heterocycles. The number of hydrogen-bond acceptors (Lipinski definition) is 8. The van der Waals surface area contributed by atoms with E-state index in [0.717, 1.165) is 24.9 Å². The number of ether oxygens (including phenoxy) is 3. The molecule has 2 fully saturated rings. The lowest BCUT2D eigenvalue weighted by molar-refractivity contribution is 0.0742. The number of hydrogen-bond donors (Lipinski definition) is 0. The van der Waals surface area contributed by atoms with Crippen molar-refractivity contribution in [2.24, 2.45) is 0 Å². The Balaban J connectivity index is 1.42. The first-order valence-electron chi connectivity index (χ1n) is 10.1. The summed E-state index contributed by atoms with van der Waals surface area (Å²) in [4.78, 5) is 28.4.